The maximum Gasteiger partial charge on any atom is 0.452 e. The van der Waals surface area contributed by atoms with E-state index >= 15 is 0 Å². The maximum absolute atomic E-state index is 11.3. The zero-order valence-electron chi connectivity index (χ0n) is 4.72. The summed E-state index contributed by atoms with van der Waals surface area (Å²) in [5.41, 5.74) is 0. The van der Waals surface area contributed by atoms with Crippen molar-refractivity contribution in [2.24, 2.45) is 0 Å². The third kappa shape index (κ3) is 2.32. The minimum atomic E-state index is -5.07. The van der Waals surface area contributed by atoms with Crippen molar-refractivity contribution in [3.05, 3.63) is 0 Å². The molecular weight excluding hydrogens is 153 g/mol. The van der Waals surface area contributed by atoms with Crippen LogP contribution >= 0.6 is 0 Å². The molecule has 0 rings (SSSR count). The van der Waals surface area contributed by atoms with Crippen LogP contribution in [0.4, 0.5) is 13.2 Å². The first kappa shape index (κ1) is 9.38. The number of halogens is 3. The van der Waals surface area contributed by atoms with E-state index in [2.05, 4.69) is 0 Å². The molecule has 1 atom stereocenters. The summed E-state index contributed by atoms with van der Waals surface area (Å²) in [6, 6.07) is 0. The molecule has 2 N–H and O–H groups in total. The van der Waals surface area contributed by atoms with Crippen LogP contribution in [0.25, 0.3) is 0 Å². The van der Waals surface area contributed by atoms with E-state index in [0.717, 1.165) is 0 Å². The van der Waals surface area contributed by atoms with Gasteiger partial charge in [-0.2, -0.15) is 13.2 Å². The first-order valence-corrected chi connectivity index (χ1v) is 2.29. The first-order valence-electron chi connectivity index (χ1n) is 2.29. The second-order valence-corrected chi connectivity index (χ2v) is 1.56. The molecule has 1 unspecified atom stereocenters. The number of rotatable bonds is 2. The van der Waals surface area contributed by atoms with Crippen molar-refractivity contribution in [2.75, 3.05) is 6.61 Å². The van der Waals surface area contributed by atoms with E-state index in [4.69, 9.17) is 10.2 Å². The molecule has 0 amide bonds. The molecule has 60 valence electrons. The molecule has 3 nitrogen and oxygen atoms in total. The fourth-order valence-corrected chi connectivity index (χ4v) is 0.272. The van der Waals surface area contributed by atoms with Gasteiger partial charge in [0.05, 0.1) is 6.61 Å². The number of carbonyl (C=O) groups is 1. The zero-order valence-corrected chi connectivity index (χ0v) is 4.72. The normalized spacial score (nSPS) is 14.9. The van der Waals surface area contributed by atoms with Crippen molar-refractivity contribution in [3.63, 3.8) is 0 Å². The molecule has 0 heterocycles. The zero-order chi connectivity index (χ0) is 8.36. The highest BCUT2D eigenvalue weighted by atomic mass is 19.4. The third-order valence-electron chi connectivity index (χ3n) is 0.755. The van der Waals surface area contributed by atoms with Crippen LogP contribution in [0.1, 0.15) is 0 Å². The molecule has 0 aliphatic rings. The van der Waals surface area contributed by atoms with Gasteiger partial charge in [0, 0.05) is 0 Å². The van der Waals surface area contributed by atoms with E-state index in [1.54, 1.807) is 0 Å². The highest BCUT2D eigenvalue weighted by Crippen LogP contribution is 2.17. The number of ketones is 1. The topological polar surface area (TPSA) is 57.5 Å². The summed E-state index contributed by atoms with van der Waals surface area (Å²) in [6.45, 7) is -1.21. The Balaban J connectivity index is 4.09. The molecule has 0 aromatic carbocycles. The number of aliphatic hydroxyl groups is 2. The molecule has 0 spiro atoms. The number of aliphatic hydroxyl groups excluding tert-OH is 2. The number of hydrogen-bond donors (Lipinski definition) is 2. The van der Waals surface area contributed by atoms with E-state index in [9.17, 15) is 18.0 Å². The molecular formula is C4H5F3O3. The standard InChI is InChI=1S/C4H5F3O3/c5-4(6,7)3(10)2(9)1-8/h2,8-9H,1H2. The molecule has 10 heavy (non-hydrogen) atoms. The van der Waals surface area contributed by atoms with Gasteiger partial charge in [-0.25, -0.2) is 0 Å². The average Bonchev–Trinajstić information content (AvgIpc) is 1.83. The lowest BCUT2D eigenvalue weighted by Gasteiger charge is -2.07. The smallest absolute Gasteiger partial charge is 0.393 e. The predicted molar refractivity (Wildman–Crippen MR) is 24.2 cm³/mol. The largest absolute Gasteiger partial charge is 0.452 e. The molecule has 0 saturated carbocycles. The van der Waals surface area contributed by atoms with Gasteiger partial charge in [0.25, 0.3) is 5.78 Å². The summed E-state index contributed by atoms with van der Waals surface area (Å²) in [7, 11) is 0. The first-order chi connectivity index (χ1) is 4.39. The van der Waals surface area contributed by atoms with Gasteiger partial charge < -0.3 is 10.2 Å². The second-order valence-electron chi connectivity index (χ2n) is 1.56. The predicted octanol–water partition coefficient (Wildman–Crippen LogP) is -0.529. The molecule has 0 aliphatic heterocycles. The molecule has 0 aliphatic carbocycles. The summed E-state index contributed by atoms with van der Waals surface area (Å²) in [5, 5.41) is 16.0. The van der Waals surface area contributed by atoms with Crippen LogP contribution in [0.15, 0.2) is 0 Å². The van der Waals surface area contributed by atoms with Crippen molar-refractivity contribution >= 4 is 5.78 Å². The second kappa shape index (κ2) is 2.98. The van der Waals surface area contributed by atoms with Gasteiger partial charge in [-0.05, 0) is 0 Å². The van der Waals surface area contributed by atoms with Crippen LogP contribution in [-0.4, -0.2) is 34.9 Å². The Hall–Kier alpha value is -0.620. The highest BCUT2D eigenvalue weighted by molar-refractivity contribution is 5.88. The van der Waals surface area contributed by atoms with Crippen molar-refractivity contribution in [1.29, 1.82) is 0 Å². The molecule has 0 aromatic rings. The van der Waals surface area contributed by atoms with Crippen LogP contribution < -0.4 is 0 Å². The summed E-state index contributed by atoms with van der Waals surface area (Å²) in [5.74, 6) is -2.32. The van der Waals surface area contributed by atoms with Gasteiger partial charge >= 0.3 is 6.18 Å². The molecule has 6 heteroatoms. The Morgan fingerprint density at radius 1 is 1.50 bits per heavy atom. The van der Waals surface area contributed by atoms with Crippen LogP contribution in [0.3, 0.4) is 0 Å². The Morgan fingerprint density at radius 3 is 2.00 bits per heavy atom. The quantitative estimate of drug-likeness (QED) is 0.568. The lowest BCUT2D eigenvalue weighted by molar-refractivity contribution is -0.181. The monoisotopic (exact) mass is 158 g/mol. The SMILES string of the molecule is O=C(C(O)CO)C(F)(F)F. The fraction of sp³-hybridized carbons (Fsp3) is 0.750. The summed E-state index contributed by atoms with van der Waals surface area (Å²) in [4.78, 5) is 9.86. The van der Waals surface area contributed by atoms with Gasteiger partial charge in [0.2, 0.25) is 0 Å². The molecule has 0 aromatic heterocycles. The number of alkyl halides is 3. The van der Waals surface area contributed by atoms with Crippen molar-refractivity contribution in [2.45, 2.75) is 12.3 Å². The van der Waals surface area contributed by atoms with Crippen LogP contribution in [0, 0.1) is 0 Å². The Labute approximate surface area is 54.1 Å². The van der Waals surface area contributed by atoms with Crippen LogP contribution in [0.2, 0.25) is 0 Å². The van der Waals surface area contributed by atoms with Gasteiger partial charge in [0.1, 0.15) is 6.10 Å². The summed E-state index contributed by atoms with van der Waals surface area (Å²) >= 11 is 0. The van der Waals surface area contributed by atoms with Gasteiger partial charge in [-0.3, -0.25) is 4.79 Å². The van der Waals surface area contributed by atoms with Gasteiger partial charge in [0.15, 0.2) is 0 Å². The molecule has 0 fully saturated rings. The molecule has 0 radical (unpaired) electrons. The number of hydrogen-bond acceptors (Lipinski definition) is 3. The average molecular weight is 158 g/mol. The van der Waals surface area contributed by atoms with E-state index in [0.29, 0.717) is 0 Å². The highest BCUT2D eigenvalue weighted by Gasteiger charge is 2.42. The Bertz CT molecular complexity index is 130. The number of carbonyl (C=O) groups excluding carboxylic acids is 1. The van der Waals surface area contributed by atoms with E-state index in [-0.39, 0.29) is 0 Å². The Kier molecular flexibility index (Phi) is 2.79. The minimum absolute atomic E-state index is 1.21. The van der Waals surface area contributed by atoms with Crippen LogP contribution in [-0.2, 0) is 4.79 Å². The lowest BCUT2D eigenvalue weighted by atomic mass is 10.2. The number of Topliss-reactive ketones (excluding diaryl/α,β-unsaturated/α-hetero) is 1. The van der Waals surface area contributed by atoms with Crippen molar-refractivity contribution < 1.29 is 28.2 Å². The van der Waals surface area contributed by atoms with Gasteiger partial charge in [-0.15, -0.1) is 0 Å². The summed E-state index contributed by atoms with van der Waals surface area (Å²) in [6.07, 6.45) is -7.41. The van der Waals surface area contributed by atoms with Crippen molar-refractivity contribution in [3.8, 4) is 0 Å². The molecule has 0 bridgehead atoms. The van der Waals surface area contributed by atoms with E-state index in [1.165, 1.54) is 0 Å². The lowest BCUT2D eigenvalue weighted by Crippen LogP contribution is -2.36. The van der Waals surface area contributed by atoms with E-state index < -0.39 is 24.7 Å². The van der Waals surface area contributed by atoms with Crippen LogP contribution in [0.5, 0.6) is 0 Å². The minimum Gasteiger partial charge on any atom is -0.393 e. The van der Waals surface area contributed by atoms with E-state index in [1.807, 2.05) is 0 Å². The van der Waals surface area contributed by atoms with Gasteiger partial charge in [-0.1, -0.05) is 0 Å². The summed E-state index contributed by atoms with van der Waals surface area (Å²) < 4.78 is 33.8. The Morgan fingerprint density at radius 2 is 1.90 bits per heavy atom. The third-order valence-corrected chi connectivity index (χ3v) is 0.755. The fourth-order valence-electron chi connectivity index (χ4n) is 0.272. The van der Waals surface area contributed by atoms with Crippen molar-refractivity contribution in [1.82, 2.24) is 0 Å². The maximum atomic E-state index is 11.3. The molecule has 0 saturated heterocycles.